The average molecular weight is 312 g/mol. The van der Waals surface area contributed by atoms with E-state index in [1.807, 2.05) is 31.2 Å². The molecule has 0 radical (unpaired) electrons. The highest BCUT2D eigenvalue weighted by atomic mass is 32.2. The summed E-state index contributed by atoms with van der Waals surface area (Å²) in [6, 6.07) is 12.8. The number of thioether (sulfide) groups is 1. The second-order valence-corrected chi connectivity index (χ2v) is 5.82. The van der Waals surface area contributed by atoms with E-state index in [0.717, 1.165) is 16.5 Å². The van der Waals surface area contributed by atoms with Crippen LogP contribution in [0.1, 0.15) is 22.8 Å². The fourth-order valence-electron chi connectivity index (χ4n) is 2.02. The van der Waals surface area contributed by atoms with Gasteiger partial charge in [-0.15, -0.1) is 11.8 Å². The highest BCUT2D eigenvalue weighted by molar-refractivity contribution is 7.99. The summed E-state index contributed by atoms with van der Waals surface area (Å²) in [5.41, 5.74) is 0.220. The molecule has 1 unspecified atom stereocenters. The molecule has 1 nitrogen and oxygen atoms in total. The quantitative estimate of drug-likeness (QED) is 0.815. The molecule has 0 aromatic heterocycles. The van der Waals surface area contributed by atoms with Crippen LogP contribution in [0.25, 0.3) is 0 Å². The maximum Gasteiger partial charge on any atom is 0.416 e. The van der Waals surface area contributed by atoms with Gasteiger partial charge in [-0.2, -0.15) is 13.2 Å². The maximum atomic E-state index is 12.9. The van der Waals surface area contributed by atoms with Gasteiger partial charge in [0.1, 0.15) is 0 Å². The largest absolute Gasteiger partial charge is 0.416 e. The van der Waals surface area contributed by atoms with Gasteiger partial charge in [0.2, 0.25) is 0 Å². The number of hydrogen-bond donors (Lipinski definition) is 1. The van der Waals surface area contributed by atoms with Crippen molar-refractivity contribution in [3.05, 3.63) is 65.2 Å². The van der Waals surface area contributed by atoms with E-state index in [1.54, 1.807) is 0 Å². The Hall–Kier alpha value is -1.46. The molecule has 2 aromatic carbocycles. The first-order chi connectivity index (χ1) is 9.88. The standard InChI is InChI=1S/C16H15F3OS/c1-11-5-4-6-12(9-11)21-10-15(20)13-7-2-3-8-14(13)16(17,18)19/h2-9,15,20H,10H2,1H3. The third-order valence-corrected chi connectivity index (χ3v) is 4.09. The minimum absolute atomic E-state index is 0.0786. The fourth-order valence-corrected chi connectivity index (χ4v) is 2.99. The van der Waals surface area contributed by atoms with Gasteiger partial charge in [0, 0.05) is 10.6 Å². The molecule has 21 heavy (non-hydrogen) atoms. The smallest absolute Gasteiger partial charge is 0.388 e. The number of aliphatic hydroxyl groups excluding tert-OH is 1. The Bertz CT molecular complexity index is 610. The van der Waals surface area contributed by atoms with Crippen LogP contribution >= 0.6 is 11.8 Å². The maximum absolute atomic E-state index is 12.9. The molecule has 0 aliphatic rings. The molecule has 0 aliphatic carbocycles. The highest BCUT2D eigenvalue weighted by Gasteiger charge is 2.34. The van der Waals surface area contributed by atoms with Crippen molar-refractivity contribution >= 4 is 11.8 Å². The predicted molar refractivity (Wildman–Crippen MR) is 78.3 cm³/mol. The van der Waals surface area contributed by atoms with E-state index in [9.17, 15) is 18.3 Å². The van der Waals surface area contributed by atoms with Gasteiger partial charge in [-0.1, -0.05) is 35.9 Å². The van der Waals surface area contributed by atoms with Gasteiger partial charge in [-0.25, -0.2) is 0 Å². The molecule has 0 heterocycles. The van der Waals surface area contributed by atoms with E-state index in [2.05, 4.69) is 0 Å². The Labute approximate surface area is 125 Å². The van der Waals surface area contributed by atoms with Crippen molar-refractivity contribution in [3.8, 4) is 0 Å². The zero-order valence-corrected chi connectivity index (χ0v) is 12.2. The van der Waals surface area contributed by atoms with Crippen LogP contribution in [-0.2, 0) is 6.18 Å². The first-order valence-corrected chi connectivity index (χ1v) is 7.40. The molecule has 1 atom stereocenters. The first-order valence-electron chi connectivity index (χ1n) is 6.41. The average Bonchev–Trinajstić information content (AvgIpc) is 2.44. The summed E-state index contributed by atoms with van der Waals surface area (Å²) >= 11 is 1.34. The van der Waals surface area contributed by atoms with Gasteiger partial charge >= 0.3 is 6.18 Å². The number of benzene rings is 2. The van der Waals surface area contributed by atoms with Crippen molar-refractivity contribution in [2.45, 2.75) is 24.1 Å². The molecule has 0 aliphatic heterocycles. The molecule has 1 N–H and O–H groups in total. The van der Waals surface area contributed by atoms with Crippen LogP contribution < -0.4 is 0 Å². The number of aryl methyl sites for hydroxylation is 1. The lowest BCUT2D eigenvalue weighted by Gasteiger charge is -2.17. The summed E-state index contributed by atoms with van der Waals surface area (Å²) in [6.07, 6.45) is -5.61. The fraction of sp³-hybridized carbons (Fsp3) is 0.250. The third-order valence-electron chi connectivity index (χ3n) is 3.02. The Morgan fingerprint density at radius 2 is 1.81 bits per heavy atom. The number of halogens is 3. The Balaban J connectivity index is 2.12. The summed E-state index contributed by atoms with van der Waals surface area (Å²) in [5.74, 6) is 0.177. The summed E-state index contributed by atoms with van der Waals surface area (Å²) in [6.45, 7) is 1.94. The van der Waals surface area contributed by atoms with E-state index in [4.69, 9.17) is 0 Å². The lowest BCUT2D eigenvalue weighted by atomic mass is 10.0. The summed E-state index contributed by atoms with van der Waals surface area (Å²) in [4.78, 5) is 0.929. The molecule has 0 fully saturated rings. The number of rotatable bonds is 4. The van der Waals surface area contributed by atoms with Crippen LogP contribution in [0.5, 0.6) is 0 Å². The van der Waals surface area contributed by atoms with Crippen molar-refractivity contribution in [1.29, 1.82) is 0 Å². The molecule has 0 saturated heterocycles. The molecule has 0 saturated carbocycles. The van der Waals surface area contributed by atoms with E-state index >= 15 is 0 Å². The highest BCUT2D eigenvalue weighted by Crippen LogP contribution is 2.36. The van der Waals surface area contributed by atoms with Crippen LogP contribution in [0.4, 0.5) is 13.2 Å². The molecule has 0 bridgehead atoms. The summed E-state index contributed by atoms with van der Waals surface area (Å²) in [7, 11) is 0. The summed E-state index contributed by atoms with van der Waals surface area (Å²) < 4.78 is 38.7. The number of aliphatic hydroxyl groups is 1. The number of hydrogen-bond acceptors (Lipinski definition) is 2. The van der Waals surface area contributed by atoms with E-state index in [1.165, 1.54) is 30.0 Å². The van der Waals surface area contributed by atoms with Crippen LogP contribution in [0, 0.1) is 6.92 Å². The van der Waals surface area contributed by atoms with Crippen LogP contribution in [0.3, 0.4) is 0 Å². The summed E-state index contributed by atoms with van der Waals surface area (Å²) in [5, 5.41) is 10.1. The second-order valence-electron chi connectivity index (χ2n) is 4.73. The lowest BCUT2D eigenvalue weighted by Crippen LogP contribution is -2.13. The molecule has 2 rings (SSSR count). The molecule has 0 amide bonds. The SMILES string of the molecule is Cc1cccc(SCC(O)c2ccccc2C(F)(F)F)c1. The van der Waals surface area contributed by atoms with Gasteiger partial charge in [0.25, 0.3) is 0 Å². The Morgan fingerprint density at radius 3 is 2.48 bits per heavy atom. The van der Waals surface area contributed by atoms with Crippen molar-refractivity contribution in [2.75, 3.05) is 5.75 Å². The topological polar surface area (TPSA) is 20.2 Å². The molecule has 2 aromatic rings. The van der Waals surface area contributed by atoms with E-state index in [0.29, 0.717) is 0 Å². The molecule has 112 valence electrons. The van der Waals surface area contributed by atoms with Crippen LogP contribution in [0.15, 0.2) is 53.4 Å². The van der Waals surface area contributed by atoms with Crippen molar-refractivity contribution < 1.29 is 18.3 Å². The number of alkyl halides is 3. The van der Waals surface area contributed by atoms with Gasteiger partial charge in [-0.05, 0) is 30.7 Å². The molecular weight excluding hydrogens is 297 g/mol. The second kappa shape index (κ2) is 6.54. The zero-order valence-electron chi connectivity index (χ0n) is 11.4. The molecule has 5 heteroatoms. The minimum Gasteiger partial charge on any atom is -0.388 e. The van der Waals surface area contributed by atoms with Crippen molar-refractivity contribution in [3.63, 3.8) is 0 Å². The minimum atomic E-state index is -4.45. The van der Waals surface area contributed by atoms with Crippen LogP contribution in [-0.4, -0.2) is 10.9 Å². The van der Waals surface area contributed by atoms with E-state index < -0.39 is 17.8 Å². The zero-order chi connectivity index (χ0) is 15.5. The van der Waals surface area contributed by atoms with Gasteiger partial charge in [0.15, 0.2) is 0 Å². The first kappa shape index (κ1) is 15.9. The van der Waals surface area contributed by atoms with Crippen LogP contribution in [0.2, 0.25) is 0 Å². The molecular formula is C16H15F3OS. The van der Waals surface area contributed by atoms with Gasteiger partial charge < -0.3 is 5.11 Å². The Morgan fingerprint density at radius 1 is 1.10 bits per heavy atom. The van der Waals surface area contributed by atoms with Gasteiger partial charge in [-0.3, -0.25) is 0 Å². The monoisotopic (exact) mass is 312 g/mol. The van der Waals surface area contributed by atoms with Crippen molar-refractivity contribution in [2.24, 2.45) is 0 Å². The van der Waals surface area contributed by atoms with E-state index in [-0.39, 0.29) is 11.3 Å². The Kier molecular flexibility index (Phi) is 4.96. The van der Waals surface area contributed by atoms with Crippen molar-refractivity contribution in [1.82, 2.24) is 0 Å². The lowest BCUT2D eigenvalue weighted by molar-refractivity contribution is -0.139. The van der Waals surface area contributed by atoms with Gasteiger partial charge in [0.05, 0.1) is 11.7 Å². The molecule has 0 spiro atoms. The third kappa shape index (κ3) is 4.25. The predicted octanol–water partition coefficient (Wildman–Crippen LogP) is 4.84. The normalized spacial score (nSPS) is 13.2.